The van der Waals surface area contributed by atoms with E-state index in [4.69, 9.17) is 11.6 Å². The molecule has 1 atom stereocenters. The minimum absolute atomic E-state index is 0.105. The van der Waals surface area contributed by atoms with Crippen molar-refractivity contribution in [2.24, 2.45) is 0 Å². The lowest BCUT2D eigenvalue weighted by molar-refractivity contribution is 0.625. The molecule has 94 valence electrons. The predicted molar refractivity (Wildman–Crippen MR) is 73.2 cm³/mol. The second-order valence-corrected chi connectivity index (χ2v) is 5.42. The van der Waals surface area contributed by atoms with Crippen molar-refractivity contribution >= 4 is 27.5 Å². The molecular weight excluding hydrogens is 322 g/mol. The van der Waals surface area contributed by atoms with E-state index in [9.17, 15) is 8.78 Å². The molecule has 0 spiro atoms. The van der Waals surface area contributed by atoms with Crippen molar-refractivity contribution in [3.8, 4) is 0 Å². The molecule has 18 heavy (non-hydrogen) atoms. The van der Waals surface area contributed by atoms with Crippen LogP contribution in [0, 0.1) is 11.6 Å². The van der Waals surface area contributed by atoms with Crippen molar-refractivity contribution in [3.63, 3.8) is 0 Å². The van der Waals surface area contributed by atoms with Gasteiger partial charge in [0.15, 0.2) is 0 Å². The van der Waals surface area contributed by atoms with E-state index in [-0.39, 0.29) is 15.7 Å². The SMILES string of the molecule is Fc1ccc(CC(Br)c2cccc(F)c2Cl)cc1. The number of benzene rings is 2. The molecule has 0 saturated carbocycles. The van der Waals surface area contributed by atoms with Crippen molar-refractivity contribution in [1.82, 2.24) is 0 Å². The molecule has 0 heterocycles. The van der Waals surface area contributed by atoms with E-state index in [1.165, 1.54) is 18.2 Å². The number of halogens is 4. The zero-order valence-corrected chi connectivity index (χ0v) is 11.7. The Morgan fingerprint density at radius 1 is 1.06 bits per heavy atom. The van der Waals surface area contributed by atoms with Gasteiger partial charge in [0, 0.05) is 4.83 Å². The van der Waals surface area contributed by atoms with Crippen LogP contribution in [-0.2, 0) is 6.42 Å². The van der Waals surface area contributed by atoms with Crippen molar-refractivity contribution in [1.29, 1.82) is 0 Å². The molecule has 0 aromatic heterocycles. The van der Waals surface area contributed by atoms with Gasteiger partial charge in [0.2, 0.25) is 0 Å². The summed E-state index contributed by atoms with van der Waals surface area (Å²) in [6.07, 6.45) is 0.615. The highest BCUT2D eigenvalue weighted by atomic mass is 79.9. The summed E-state index contributed by atoms with van der Waals surface area (Å²) < 4.78 is 26.1. The van der Waals surface area contributed by atoms with Gasteiger partial charge in [0.05, 0.1) is 5.02 Å². The zero-order valence-electron chi connectivity index (χ0n) is 9.34. The third-order valence-corrected chi connectivity index (χ3v) is 3.86. The van der Waals surface area contributed by atoms with Gasteiger partial charge in [0.25, 0.3) is 0 Å². The lowest BCUT2D eigenvalue weighted by Crippen LogP contribution is -1.97. The molecule has 2 aromatic carbocycles. The zero-order chi connectivity index (χ0) is 13.1. The minimum atomic E-state index is -0.433. The Hall–Kier alpha value is -0.930. The summed E-state index contributed by atoms with van der Waals surface area (Å²) in [4.78, 5) is -0.105. The molecule has 0 aliphatic heterocycles. The van der Waals surface area contributed by atoms with Crippen LogP contribution in [0.2, 0.25) is 5.02 Å². The lowest BCUT2D eigenvalue weighted by atomic mass is 10.0. The van der Waals surface area contributed by atoms with Crippen LogP contribution in [0.4, 0.5) is 8.78 Å². The summed E-state index contributed by atoms with van der Waals surface area (Å²) in [6.45, 7) is 0. The van der Waals surface area contributed by atoms with E-state index in [0.717, 1.165) is 5.56 Å². The van der Waals surface area contributed by atoms with Gasteiger partial charge in [-0.1, -0.05) is 51.8 Å². The first-order valence-electron chi connectivity index (χ1n) is 5.40. The van der Waals surface area contributed by atoms with Gasteiger partial charge in [-0.3, -0.25) is 0 Å². The number of rotatable bonds is 3. The van der Waals surface area contributed by atoms with Crippen LogP contribution in [0.25, 0.3) is 0 Å². The number of alkyl halides is 1. The summed E-state index contributed by atoms with van der Waals surface area (Å²) in [5.74, 6) is -0.702. The maximum Gasteiger partial charge on any atom is 0.142 e. The lowest BCUT2D eigenvalue weighted by Gasteiger charge is -2.12. The standard InChI is InChI=1S/C14H10BrClF2/c15-12(8-9-4-6-10(17)7-5-9)11-2-1-3-13(18)14(11)16/h1-7,12H,8H2. The van der Waals surface area contributed by atoms with Crippen LogP contribution in [-0.4, -0.2) is 0 Å². The van der Waals surface area contributed by atoms with Gasteiger partial charge >= 0.3 is 0 Å². The maximum atomic E-state index is 13.3. The fraction of sp³-hybridized carbons (Fsp3) is 0.143. The fourth-order valence-corrected chi connectivity index (χ4v) is 2.84. The van der Waals surface area contributed by atoms with Crippen LogP contribution in [0.5, 0.6) is 0 Å². The average Bonchev–Trinajstić information content (AvgIpc) is 2.35. The highest BCUT2D eigenvalue weighted by molar-refractivity contribution is 9.09. The van der Waals surface area contributed by atoms with Gasteiger partial charge in [0.1, 0.15) is 11.6 Å². The Balaban J connectivity index is 2.19. The molecule has 4 heteroatoms. The molecule has 1 unspecified atom stereocenters. The Morgan fingerprint density at radius 3 is 2.39 bits per heavy atom. The van der Waals surface area contributed by atoms with Crippen molar-refractivity contribution in [3.05, 3.63) is 70.2 Å². The van der Waals surface area contributed by atoms with Crippen molar-refractivity contribution in [2.45, 2.75) is 11.2 Å². The largest absolute Gasteiger partial charge is 0.207 e. The van der Waals surface area contributed by atoms with E-state index < -0.39 is 5.82 Å². The summed E-state index contributed by atoms with van der Waals surface area (Å²) in [6, 6.07) is 10.9. The van der Waals surface area contributed by atoms with Crippen molar-refractivity contribution < 1.29 is 8.78 Å². The first-order valence-corrected chi connectivity index (χ1v) is 6.69. The smallest absolute Gasteiger partial charge is 0.142 e. The molecule has 0 N–H and O–H groups in total. The fourth-order valence-electron chi connectivity index (χ4n) is 1.70. The first-order chi connectivity index (χ1) is 8.58. The topological polar surface area (TPSA) is 0 Å². The predicted octanol–water partition coefficient (Wildman–Crippen LogP) is 5.30. The van der Waals surface area contributed by atoms with Crippen LogP contribution in [0.3, 0.4) is 0 Å². The molecule has 0 radical (unpaired) electrons. The molecule has 0 aliphatic carbocycles. The summed E-state index contributed by atoms with van der Waals surface area (Å²) in [5, 5.41) is 0.126. The number of hydrogen-bond donors (Lipinski definition) is 0. The quantitative estimate of drug-likeness (QED) is 0.670. The molecular formula is C14H10BrClF2. The molecule has 0 nitrogen and oxygen atoms in total. The molecule has 0 aliphatic rings. The third-order valence-electron chi connectivity index (χ3n) is 2.65. The van der Waals surface area contributed by atoms with Crippen LogP contribution in [0.1, 0.15) is 16.0 Å². The second-order valence-electron chi connectivity index (χ2n) is 3.94. The first kappa shape index (κ1) is 13.5. The Bertz CT molecular complexity index is 540. The molecule has 0 fully saturated rings. The average molecular weight is 332 g/mol. The minimum Gasteiger partial charge on any atom is -0.207 e. The highest BCUT2D eigenvalue weighted by Crippen LogP contribution is 2.33. The summed E-state index contributed by atoms with van der Waals surface area (Å²) in [7, 11) is 0. The maximum absolute atomic E-state index is 13.3. The third kappa shape index (κ3) is 3.09. The Kier molecular flexibility index (Phi) is 4.36. The van der Waals surface area contributed by atoms with Gasteiger partial charge in [-0.2, -0.15) is 0 Å². The molecule has 0 bridgehead atoms. The van der Waals surface area contributed by atoms with E-state index in [1.807, 2.05) is 0 Å². The second kappa shape index (κ2) is 5.81. The Morgan fingerprint density at radius 2 is 1.72 bits per heavy atom. The van der Waals surface area contributed by atoms with Gasteiger partial charge < -0.3 is 0 Å². The van der Waals surface area contributed by atoms with E-state index in [0.29, 0.717) is 12.0 Å². The Labute approximate surface area is 118 Å². The van der Waals surface area contributed by atoms with Crippen LogP contribution >= 0.6 is 27.5 Å². The van der Waals surface area contributed by atoms with Crippen molar-refractivity contribution in [2.75, 3.05) is 0 Å². The van der Waals surface area contributed by atoms with Gasteiger partial charge in [-0.05, 0) is 35.7 Å². The van der Waals surface area contributed by atoms with Crippen LogP contribution < -0.4 is 0 Å². The van der Waals surface area contributed by atoms with Crippen LogP contribution in [0.15, 0.2) is 42.5 Å². The van der Waals surface area contributed by atoms with E-state index in [2.05, 4.69) is 15.9 Å². The molecule has 0 amide bonds. The summed E-state index contributed by atoms with van der Waals surface area (Å²) in [5.41, 5.74) is 1.65. The number of hydrogen-bond acceptors (Lipinski definition) is 0. The molecule has 2 aromatic rings. The monoisotopic (exact) mass is 330 g/mol. The van der Waals surface area contributed by atoms with Gasteiger partial charge in [-0.15, -0.1) is 0 Å². The van der Waals surface area contributed by atoms with Gasteiger partial charge in [-0.25, -0.2) is 8.78 Å². The molecule has 2 rings (SSSR count). The summed E-state index contributed by atoms with van der Waals surface area (Å²) >= 11 is 9.40. The molecule has 0 saturated heterocycles. The highest BCUT2D eigenvalue weighted by Gasteiger charge is 2.14. The van der Waals surface area contributed by atoms with E-state index >= 15 is 0 Å². The normalized spacial score (nSPS) is 12.4. The van der Waals surface area contributed by atoms with E-state index in [1.54, 1.807) is 24.3 Å².